The molecule has 4 atom stereocenters. The molecular weight excluding hydrogens is 357 g/mol. The summed E-state index contributed by atoms with van der Waals surface area (Å²) >= 11 is 2.15. The number of ether oxygens (including phenoxy) is 1. The van der Waals surface area contributed by atoms with Crippen LogP contribution in [0.25, 0.3) is 0 Å². The molecule has 19 heavy (non-hydrogen) atoms. The van der Waals surface area contributed by atoms with Gasteiger partial charge in [0.05, 0.1) is 29.7 Å². The van der Waals surface area contributed by atoms with Gasteiger partial charge in [0, 0.05) is 3.57 Å². The van der Waals surface area contributed by atoms with Gasteiger partial charge in [0.15, 0.2) is 0 Å². The highest BCUT2D eigenvalue weighted by molar-refractivity contribution is 14.1. The zero-order chi connectivity index (χ0) is 13.1. The molecule has 3 heterocycles. The Morgan fingerprint density at radius 1 is 1.00 bits per heavy atom. The Labute approximate surface area is 123 Å². The minimum Gasteiger partial charge on any atom is -0.365 e. The fraction of sp³-hybridized carbons (Fsp3) is 0.286. The highest BCUT2D eigenvalue weighted by Crippen LogP contribution is 2.46. The molecule has 0 spiro atoms. The first-order chi connectivity index (χ1) is 9.18. The largest absolute Gasteiger partial charge is 0.365 e. The van der Waals surface area contributed by atoms with Crippen LogP contribution in [0.3, 0.4) is 0 Å². The van der Waals surface area contributed by atoms with Crippen molar-refractivity contribution in [3.05, 3.63) is 40.0 Å². The molecular formula is C14H10INO3. The number of amides is 2. The highest BCUT2D eigenvalue weighted by atomic mass is 127. The Morgan fingerprint density at radius 3 is 2.16 bits per heavy atom. The summed E-state index contributed by atoms with van der Waals surface area (Å²) in [6, 6.07) is 7.45. The smallest absolute Gasteiger partial charge is 0.240 e. The van der Waals surface area contributed by atoms with Gasteiger partial charge in [0.1, 0.15) is 0 Å². The first-order valence-corrected chi connectivity index (χ1v) is 7.22. The summed E-state index contributed by atoms with van der Waals surface area (Å²) in [6.07, 6.45) is 3.35. The van der Waals surface area contributed by atoms with Gasteiger partial charge in [-0.25, -0.2) is 4.90 Å². The number of hydrogen-bond acceptors (Lipinski definition) is 3. The molecule has 2 fully saturated rings. The number of rotatable bonds is 1. The lowest BCUT2D eigenvalue weighted by Gasteiger charge is -2.18. The summed E-state index contributed by atoms with van der Waals surface area (Å²) in [5.74, 6) is -0.927. The van der Waals surface area contributed by atoms with Crippen LogP contribution in [-0.2, 0) is 14.3 Å². The van der Waals surface area contributed by atoms with E-state index in [1.54, 1.807) is 0 Å². The number of hydrogen-bond donors (Lipinski definition) is 0. The molecule has 3 aliphatic heterocycles. The van der Waals surface area contributed by atoms with Crippen LogP contribution in [0.15, 0.2) is 36.4 Å². The lowest BCUT2D eigenvalue weighted by Crippen LogP contribution is -2.34. The number of anilines is 1. The second kappa shape index (κ2) is 3.89. The van der Waals surface area contributed by atoms with E-state index in [2.05, 4.69) is 22.6 Å². The van der Waals surface area contributed by atoms with Gasteiger partial charge in [-0.1, -0.05) is 24.3 Å². The normalized spacial score (nSPS) is 35.3. The van der Waals surface area contributed by atoms with Gasteiger partial charge in [-0.3, -0.25) is 9.59 Å². The number of fused-ring (bicyclic) bond motifs is 5. The van der Waals surface area contributed by atoms with Gasteiger partial charge in [0.25, 0.3) is 0 Å². The van der Waals surface area contributed by atoms with Crippen molar-refractivity contribution < 1.29 is 14.3 Å². The monoisotopic (exact) mass is 367 g/mol. The van der Waals surface area contributed by atoms with Crippen LogP contribution in [0.1, 0.15) is 0 Å². The molecule has 96 valence electrons. The first kappa shape index (κ1) is 11.6. The van der Waals surface area contributed by atoms with E-state index in [0.29, 0.717) is 5.69 Å². The van der Waals surface area contributed by atoms with Crippen molar-refractivity contribution >= 4 is 40.1 Å². The molecule has 2 saturated heterocycles. The van der Waals surface area contributed by atoms with Crippen LogP contribution < -0.4 is 4.90 Å². The molecule has 2 amide bonds. The van der Waals surface area contributed by atoms with E-state index in [-0.39, 0.29) is 35.9 Å². The van der Waals surface area contributed by atoms with Crippen LogP contribution >= 0.6 is 22.6 Å². The summed E-state index contributed by atoms with van der Waals surface area (Å²) in [6.45, 7) is 0. The SMILES string of the molecule is O=C1[C@@H]2[C@H](C(=O)N1c1ccccc1I)[C@@H]1C=C[C@H]2O1. The van der Waals surface area contributed by atoms with Crippen molar-refractivity contribution in [2.45, 2.75) is 12.2 Å². The second-order valence-electron chi connectivity index (χ2n) is 4.97. The molecule has 1 aromatic rings. The molecule has 2 bridgehead atoms. The minimum absolute atomic E-state index is 0.129. The average molecular weight is 367 g/mol. The predicted octanol–water partition coefficient (Wildman–Crippen LogP) is 1.73. The van der Waals surface area contributed by atoms with Crippen molar-refractivity contribution in [1.29, 1.82) is 0 Å². The third-order valence-electron chi connectivity index (χ3n) is 4.00. The van der Waals surface area contributed by atoms with Crippen LogP contribution in [0, 0.1) is 15.4 Å². The third kappa shape index (κ3) is 1.42. The zero-order valence-corrected chi connectivity index (χ0v) is 12.0. The van der Waals surface area contributed by atoms with Crippen molar-refractivity contribution in [1.82, 2.24) is 0 Å². The molecule has 0 aliphatic carbocycles. The minimum atomic E-state index is -0.335. The van der Waals surface area contributed by atoms with Gasteiger partial charge in [0.2, 0.25) is 11.8 Å². The maximum Gasteiger partial charge on any atom is 0.240 e. The van der Waals surface area contributed by atoms with Gasteiger partial charge in [-0.05, 0) is 34.7 Å². The maximum atomic E-state index is 12.5. The highest BCUT2D eigenvalue weighted by Gasteiger charge is 2.61. The standard InChI is InChI=1S/C14H10INO3/c15-7-3-1-2-4-8(7)16-13(17)11-9-5-6-10(19-9)12(11)14(16)18/h1-6,9-12H/t9-,10+,11+,12-. The number of para-hydroxylation sites is 1. The summed E-state index contributed by atoms with van der Waals surface area (Å²) in [5.41, 5.74) is 0.687. The first-order valence-electron chi connectivity index (χ1n) is 6.14. The quantitative estimate of drug-likeness (QED) is 0.432. The van der Waals surface area contributed by atoms with Crippen LogP contribution in [-0.4, -0.2) is 24.0 Å². The molecule has 3 aliphatic rings. The Balaban J connectivity index is 1.79. The van der Waals surface area contributed by atoms with Crippen molar-refractivity contribution in [3.63, 3.8) is 0 Å². The molecule has 0 radical (unpaired) electrons. The molecule has 0 unspecified atom stereocenters. The molecule has 0 saturated carbocycles. The maximum absolute atomic E-state index is 12.5. The van der Waals surface area contributed by atoms with E-state index in [1.807, 2.05) is 36.4 Å². The van der Waals surface area contributed by atoms with Crippen molar-refractivity contribution in [3.8, 4) is 0 Å². The van der Waals surface area contributed by atoms with Gasteiger partial charge < -0.3 is 4.74 Å². The summed E-state index contributed by atoms with van der Waals surface area (Å²) in [7, 11) is 0. The Morgan fingerprint density at radius 2 is 1.58 bits per heavy atom. The zero-order valence-electron chi connectivity index (χ0n) is 9.82. The molecule has 4 rings (SSSR count). The third-order valence-corrected chi connectivity index (χ3v) is 4.92. The van der Waals surface area contributed by atoms with E-state index in [1.165, 1.54) is 4.90 Å². The lowest BCUT2D eigenvalue weighted by atomic mass is 9.85. The van der Waals surface area contributed by atoms with E-state index < -0.39 is 0 Å². The van der Waals surface area contributed by atoms with E-state index >= 15 is 0 Å². The number of carbonyl (C=O) groups excluding carboxylic acids is 2. The topological polar surface area (TPSA) is 46.6 Å². The van der Waals surface area contributed by atoms with E-state index in [9.17, 15) is 9.59 Å². The van der Waals surface area contributed by atoms with E-state index in [4.69, 9.17) is 4.74 Å². The molecule has 1 aromatic carbocycles. The van der Waals surface area contributed by atoms with Crippen LogP contribution in [0.2, 0.25) is 0 Å². The molecule has 0 aromatic heterocycles. The molecule has 0 N–H and O–H groups in total. The van der Waals surface area contributed by atoms with Crippen molar-refractivity contribution in [2.75, 3.05) is 4.90 Å². The second-order valence-corrected chi connectivity index (χ2v) is 6.13. The van der Waals surface area contributed by atoms with E-state index in [0.717, 1.165) is 3.57 Å². The van der Waals surface area contributed by atoms with Gasteiger partial charge >= 0.3 is 0 Å². The number of carbonyl (C=O) groups is 2. The summed E-state index contributed by atoms with van der Waals surface area (Å²) in [5, 5.41) is 0. The van der Waals surface area contributed by atoms with Gasteiger partial charge in [-0.2, -0.15) is 0 Å². The van der Waals surface area contributed by atoms with Crippen LogP contribution in [0.5, 0.6) is 0 Å². The summed E-state index contributed by atoms with van der Waals surface area (Å²) in [4.78, 5) is 26.4. The average Bonchev–Trinajstić information content (AvgIpc) is 3.06. The van der Waals surface area contributed by atoms with Crippen molar-refractivity contribution in [2.24, 2.45) is 11.8 Å². The lowest BCUT2D eigenvalue weighted by molar-refractivity contribution is -0.124. The number of nitrogens with zero attached hydrogens (tertiary/aromatic N) is 1. The fourth-order valence-electron chi connectivity index (χ4n) is 3.17. The number of imide groups is 1. The molecule has 4 nitrogen and oxygen atoms in total. The molecule has 5 heteroatoms. The Hall–Kier alpha value is -1.21. The summed E-state index contributed by atoms with van der Waals surface area (Å²) < 4.78 is 6.52. The number of benzene rings is 1. The fourth-order valence-corrected chi connectivity index (χ4v) is 3.80. The Bertz CT molecular complexity index is 597. The Kier molecular flexibility index (Phi) is 2.38. The predicted molar refractivity (Wildman–Crippen MR) is 76.4 cm³/mol. The number of halogens is 1. The van der Waals surface area contributed by atoms with Crippen LogP contribution in [0.4, 0.5) is 5.69 Å². The van der Waals surface area contributed by atoms with Gasteiger partial charge in [-0.15, -0.1) is 0 Å².